The standard InChI is InChI=1S/C20H17N3O2.ClH/c1-2-13-3-5-17-16(9-13)20(14(11-21)12-22-17)23-15-4-6-18-19(10-15)25-8-7-24-18;/h3-6,9-10,12H,2,7-8H2,1H3,(H,22,23);1H. The lowest BCUT2D eigenvalue weighted by molar-refractivity contribution is 0.171. The van der Waals surface area contributed by atoms with Crippen LogP contribution < -0.4 is 14.8 Å². The van der Waals surface area contributed by atoms with Crippen molar-refractivity contribution in [2.45, 2.75) is 13.3 Å². The summed E-state index contributed by atoms with van der Waals surface area (Å²) in [5.74, 6) is 1.45. The highest BCUT2D eigenvalue weighted by Crippen LogP contribution is 2.35. The van der Waals surface area contributed by atoms with Crippen LogP contribution in [0, 0.1) is 11.3 Å². The lowest BCUT2D eigenvalue weighted by atomic mass is 10.0. The SMILES string of the molecule is CCc1ccc2ncc(C#N)c(Nc3ccc4c(c3)OCCO4)c2c1.Cl. The number of fused-ring (bicyclic) bond motifs is 2. The quantitative estimate of drug-likeness (QED) is 0.732. The number of nitriles is 1. The summed E-state index contributed by atoms with van der Waals surface area (Å²) in [6, 6.07) is 14.1. The zero-order valence-corrected chi connectivity index (χ0v) is 15.1. The van der Waals surface area contributed by atoms with E-state index in [0.717, 1.165) is 34.4 Å². The summed E-state index contributed by atoms with van der Waals surface area (Å²) in [5, 5.41) is 13.8. The van der Waals surface area contributed by atoms with Crippen LogP contribution in [-0.2, 0) is 6.42 Å². The molecular weight excluding hydrogens is 350 g/mol. The monoisotopic (exact) mass is 367 g/mol. The number of rotatable bonds is 3. The zero-order valence-electron chi connectivity index (χ0n) is 14.3. The Morgan fingerprint density at radius 3 is 2.69 bits per heavy atom. The van der Waals surface area contributed by atoms with E-state index in [9.17, 15) is 5.26 Å². The highest BCUT2D eigenvalue weighted by molar-refractivity contribution is 5.96. The van der Waals surface area contributed by atoms with Crippen molar-refractivity contribution in [1.29, 1.82) is 5.26 Å². The van der Waals surface area contributed by atoms with Crippen LogP contribution in [0.5, 0.6) is 11.5 Å². The first-order valence-corrected chi connectivity index (χ1v) is 8.27. The van der Waals surface area contributed by atoms with Crippen LogP contribution in [-0.4, -0.2) is 18.2 Å². The van der Waals surface area contributed by atoms with Gasteiger partial charge in [-0.1, -0.05) is 13.0 Å². The highest BCUT2D eigenvalue weighted by atomic mass is 35.5. The number of aryl methyl sites for hydroxylation is 1. The third-order valence-corrected chi connectivity index (χ3v) is 4.27. The number of ether oxygens (including phenoxy) is 2. The summed E-state index contributed by atoms with van der Waals surface area (Å²) in [4.78, 5) is 4.39. The van der Waals surface area contributed by atoms with Crippen LogP contribution in [0.4, 0.5) is 11.4 Å². The molecule has 5 nitrogen and oxygen atoms in total. The summed E-state index contributed by atoms with van der Waals surface area (Å²) in [6.45, 7) is 3.21. The molecule has 1 aliphatic heterocycles. The lowest BCUT2D eigenvalue weighted by Gasteiger charge is -2.19. The van der Waals surface area contributed by atoms with Crippen molar-refractivity contribution in [3.8, 4) is 17.6 Å². The third-order valence-electron chi connectivity index (χ3n) is 4.27. The number of nitrogens with one attached hydrogen (secondary N) is 1. The zero-order chi connectivity index (χ0) is 17.2. The van der Waals surface area contributed by atoms with Crippen LogP contribution in [0.3, 0.4) is 0 Å². The van der Waals surface area contributed by atoms with Gasteiger partial charge in [0.2, 0.25) is 0 Å². The predicted molar refractivity (Wildman–Crippen MR) is 104 cm³/mol. The molecule has 0 saturated carbocycles. The molecule has 1 N–H and O–H groups in total. The Hall–Kier alpha value is -2.97. The second kappa shape index (κ2) is 7.51. The number of pyridine rings is 1. The van der Waals surface area contributed by atoms with Gasteiger partial charge in [-0.15, -0.1) is 12.4 Å². The van der Waals surface area contributed by atoms with E-state index < -0.39 is 0 Å². The van der Waals surface area contributed by atoms with Crippen molar-refractivity contribution >= 4 is 34.7 Å². The van der Waals surface area contributed by atoms with Crippen molar-refractivity contribution < 1.29 is 9.47 Å². The van der Waals surface area contributed by atoms with Gasteiger partial charge in [-0.25, -0.2) is 0 Å². The lowest BCUT2D eigenvalue weighted by Crippen LogP contribution is -2.15. The molecule has 0 aliphatic carbocycles. The van der Waals surface area contributed by atoms with Gasteiger partial charge in [0.25, 0.3) is 0 Å². The second-order valence-electron chi connectivity index (χ2n) is 5.85. The van der Waals surface area contributed by atoms with Gasteiger partial charge in [0.1, 0.15) is 19.3 Å². The van der Waals surface area contributed by atoms with E-state index in [-0.39, 0.29) is 12.4 Å². The highest BCUT2D eigenvalue weighted by Gasteiger charge is 2.14. The smallest absolute Gasteiger partial charge is 0.163 e. The van der Waals surface area contributed by atoms with Crippen molar-refractivity contribution in [2.24, 2.45) is 0 Å². The number of hydrogen-bond donors (Lipinski definition) is 1. The number of nitrogens with zero attached hydrogens (tertiary/aromatic N) is 2. The van der Waals surface area contributed by atoms with Crippen LogP contribution in [0.25, 0.3) is 10.9 Å². The van der Waals surface area contributed by atoms with Gasteiger partial charge < -0.3 is 14.8 Å². The molecule has 0 unspecified atom stereocenters. The number of hydrogen-bond acceptors (Lipinski definition) is 5. The van der Waals surface area contributed by atoms with Crippen molar-refractivity contribution in [1.82, 2.24) is 4.98 Å². The molecule has 0 fully saturated rings. The van der Waals surface area contributed by atoms with Gasteiger partial charge in [-0.3, -0.25) is 4.98 Å². The number of aromatic nitrogens is 1. The molecule has 0 radical (unpaired) electrons. The molecule has 0 atom stereocenters. The third kappa shape index (κ3) is 3.24. The summed E-state index contributed by atoms with van der Waals surface area (Å²) in [7, 11) is 0. The Morgan fingerprint density at radius 1 is 1.12 bits per heavy atom. The van der Waals surface area contributed by atoms with E-state index in [1.807, 2.05) is 24.3 Å². The van der Waals surface area contributed by atoms with Crippen LogP contribution in [0.1, 0.15) is 18.1 Å². The minimum absolute atomic E-state index is 0. The maximum absolute atomic E-state index is 9.50. The van der Waals surface area contributed by atoms with Gasteiger partial charge >= 0.3 is 0 Å². The minimum atomic E-state index is 0. The predicted octanol–water partition coefficient (Wildman–Crippen LogP) is 4.61. The van der Waals surface area contributed by atoms with Crippen LogP contribution in [0.2, 0.25) is 0 Å². The summed E-state index contributed by atoms with van der Waals surface area (Å²) in [5.41, 5.74) is 4.18. The Kier molecular flexibility index (Phi) is 5.15. The molecular formula is C20H18ClN3O2. The first-order valence-electron chi connectivity index (χ1n) is 8.27. The fraction of sp³-hybridized carbons (Fsp3) is 0.200. The largest absolute Gasteiger partial charge is 0.486 e. The molecule has 0 amide bonds. The fourth-order valence-corrected chi connectivity index (χ4v) is 2.94. The number of benzene rings is 2. The topological polar surface area (TPSA) is 67.2 Å². The summed E-state index contributed by atoms with van der Waals surface area (Å²) < 4.78 is 11.2. The average Bonchev–Trinajstić information content (AvgIpc) is 2.67. The number of anilines is 2. The van der Waals surface area contributed by atoms with E-state index in [4.69, 9.17) is 9.47 Å². The number of halogens is 1. The molecule has 2 aromatic carbocycles. The molecule has 1 aliphatic rings. The molecule has 0 spiro atoms. The molecule has 2 heterocycles. The van der Waals surface area contributed by atoms with Crippen molar-refractivity contribution in [3.63, 3.8) is 0 Å². The Bertz CT molecular complexity index is 998. The first-order chi connectivity index (χ1) is 12.3. The molecule has 132 valence electrons. The van der Waals surface area contributed by atoms with Gasteiger partial charge in [-0.2, -0.15) is 5.26 Å². The van der Waals surface area contributed by atoms with Gasteiger partial charge in [0, 0.05) is 23.3 Å². The minimum Gasteiger partial charge on any atom is -0.486 e. The van der Waals surface area contributed by atoms with E-state index in [1.54, 1.807) is 6.20 Å². The second-order valence-corrected chi connectivity index (χ2v) is 5.85. The molecule has 3 aromatic rings. The van der Waals surface area contributed by atoms with E-state index >= 15 is 0 Å². The molecule has 0 saturated heterocycles. The van der Waals surface area contributed by atoms with Crippen molar-refractivity contribution in [2.75, 3.05) is 18.5 Å². The summed E-state index contributed by atoms with van der Waals surface area (Å²) in [6.07, 6.45) is 2.53. The molecule has 26 heavy (non-hydrogen) atoms. The first kappa shape index (κ1) is 17.8. The van der Waals surface area contributed by atoms with E-state index in [1.165, 1.54) is 5.56 Å². The normalized spacial score (nSPS) is 12.2. The Morgan fingerprint density at radius 2 is 1.92 bits per heavy atom. The maximum Gasteiger partial charge on any atom is 0.163 e. The van der Waals surface area contributed by atoms with Crippen LogP contribution in [0.15, 0.2) is 42.6 Å². The fourth-order valence-electron chi connectivity index (χ4n) is 2.94. The Balaban J connectivity index is 0.00000196. The molecule has 6 heteroatoms. The maximum atomic E-state index is 9.50. The molecule has 0 bridgehead atoms. The van der Waals surface area contributed by atoms with E-state index in [0.29, 0.717) is 24.5 Å². The molecule has 4 rings (SSSR count). The molecule has 1 aromatic heterocycles. The summed E-state index contributed by atoms with van der Waals surface area (Å²) >= 11 is 0. The van der Waals surface area contributed by atoms with Gasteiger partial charge in [-0.05, 0) is 36.2 Å². The van der Waals surface area contributed by atoms with Gasteiger partial charge in [0.05, 0.1) is 16.8 Å². The van der Waals surface area contributed by atoms with Crippen molar-refractivity contribution in [3.05, 3.63) is 53.7 Å². The van der Waals surface area contributed by atoms with E-state index in [2.05, 4.69) is 35.4 Å². The van der Waals surface area contributed by atoms with Gasteiger partial charge in [0.15, 0.2) is 11.5 Å². The van der Waals surface area contributed by atoms with Crippen LogP contribution >= 0.6 is 12.4 Å². The Labute approximate surface area is 158 Å². The average molecular weight is 368 g/mol.